The maximum atomic E-state index is 14.2. The molecule has 6 nitrogen and oxygen atoms in total. The van der Waals surface area contributed by atoms with E-state index in [1.165, 1.54) is 22.5 Å². The number of fused-ring (bicyclic) bond motifs is 1. The Labute approximate surface area is 199 Å². The second-order valence-corrected chi connectivity index (χ2v) is 9.42. The van der Waals surface area contributed by atoms with Crippen molar-refractivity contribution in [3.05, 3.63) is 90.2 Å². The number of nitrogens with zero attached hydrogens (tertiary/aromatic N) is 4. The molecule has 166 valence electrons. The van der Waals surface area contributed by atoms with Gasteiger partial charge in [0.15, 0.2) is 5.82 Å². The second-order valence-electron chi connectivity index (χ2n) is 7.41. The highest BCUT2D eigenvalue weighted by molar-refractivity contribution is 8.00. The minimum atomic E-state index is -0.433. The third-order valence-corrected chi connectivity index (χ3v) is 7.46. The van der Waals surface area contributed by atoms with E-state index < -0.39 is 5.82 Å². The van der Waals surface area contributed by atoms with Crippen LogP contribution in [0.1, 0.15) is 11.6 Å². The fourth-order valence-electron chi connectivity index (χ4n) is 3.82. The Morgan fingerprint density at radius 2 is 1.76 bits per heavy atom. The topological polar surface area (TPSA) is 77.0 Å². The number of thioether (sulfide) groups is 2. The Morgan fingerprint density at radius 3 is 2.58 bits per heavy atom. The summed E-state index contributed by atoms with van der Waals surface area (Å²) in [5.74, 6) is 6.75. The number of halogens is 1. The summed E-state index contributed by atoms with van der Waals surface area (Å²) in [7, 11) is 0. The van der Waals surface area contributed by atoms with Crippen molar-refractivity contribution in [1.82, 2.24) is 14.9 Å². The number of amides is 1. The molecule has 0 saturated heterocycles. The molecule has 4 aromatic rings. The van der Waals surface area contributed by atoms with Gasteiger partial charge in [0.25, 0.3) is 0 Å². The van der Waals surface area contributed by atoms with Crippen LogP contribution >= 0.6 is 23.5 Å². The van der Waals surface area contributed by atoms with E-state index in [-0.39, 0.29) is 29.1 Å². The first-order valence-corrected chi connectivity index (χ1v) is 12.3. The van der Waals surface area contributed by atoms with Crippen LogP contribution in [0.3, 0.4) is 0 Å². The number of anilines is 1. The number of benzene rings is 3. The Kier molecular flexibility index (Phi) is 6.06. The number of carbonyl (C=O) groups is 1. The Morgan fingerprint density at radius 1 is 1.03 bits per heavy atom. The molecule has 33 heavy (non-hydrogen) atoms. The smallest absolute Gasteiger partial charge is 0.238 e. The molecule has 1 aromatic heterocycles. The average molecular weight is 478 g/mol. The highest BCUT2D eigenvalue weighted by Crippen LogP contribution is 2.43. The van der Waals surface area contributed by atoms with Crippen molar-refractivity contribution < 1.29 is 9.18 Å². The van der Waals surface area contributed by atoms with Crippen molar-refractivity contribution in [3.63, 3.8) is 0 Å². The fraction of sp³-hybridized carbons (Fsp3) is 0.125. The summed E-state index contributed by atoms with van der Waals surface area (Å²) in [6, 6.07) is 24.1. The van der Waals surface area contributed by atoms with Gasteiger partial charge >= 0.3 is 0 Å². The Balaban J connectivity index is 1.40. The summed E-state index contributed by atoms with van der Waals surface area (Å²) in [4.78, 5) is 16.4. The molecule has 0 saturated carbocycles. The molecule has 2 heterocycles. The number of nitrogens with two attached hydrogens (primary N) is 1. The first-order chi connectivity index (χ1) is 16.1. The van der Waals surface area contributed by atoms with Crippen LogP contribution in [0.4, 0.5) is 10.1 Å². The molecule has 1 atom stereocenters. The van der Waals surface area contributed by atoms with Gasteiger partial charge in [-0.05, 0) is 29.8 Å². The molecule has 0 bridgehead atoms. The molecule has 3 aromatic carbocycles. The molecule has 0 spiro atoms. The lowest BCUT2D eigenvalue weighted by Crippen LogP contribution is -2.39. The van der Waals surface area contributed by atoms with Gasteiger partial charge in [0, 0.05) is 10.6 Å². The number of hydrogen-bond acceptors (Lipinski definition) is 6. The number of nitrogen functional groups attached to an aromatic ring is 1. The van der Waals surface area contributed by atoms with E-state index >= 15 is 0 Å². The summed E-state index contributed by atoms with van der Waals surface area (Å²) in [5.41, 5.74) is 2.24. The summed E-state index contributed by atoms with van der Waals surface area (Å²) >= 11 is 2.94. The summed E-state index contributed by atoms with van der Waals surface area (Å²) in [6.07, 6.45) is 0. The molecule has 1 amide bonds. The van der Waals surface area contributed by atoms with Gasteiger partial charge in [0.2, 0.25) is 11.1 Å². The van der Waals surface area contributed by atoms with Gasteiger partial charge < -0.3 is 10.7 Å². The number of hydrogen-bond donors (Lipinski definition) is 1. The molecule has 5 rings (SSSR count). The minimum absolute atomic E-state index is 0.0583. The fourth-order valence-corrected chi connectivity index (χ4v) is 5.70. The largest absolute Gasteiger partial charge is 0.335 e. The van der Waals surface area contributed by atoms with Crippen molar-refractivity contribution in [2.24, 2.45) is 0 Å². The van der Waals surface area contributed by atoms with Gasteiger partial charge in [-0.15, -0.1) is 22.0 Å². The van der Waals surface area contributed by atoms with E-state index in [1.54, 1.807) is 30.0 Å². The number of rotatable bonds is 5. The quantitative estimate of drug-likeness (QED) is 0.330. The van der Waals surface area contributed by atoms with Crippen LogP contribution in [-0.2, 0) is 4.79 Å². The normalized spacial score (nSPS) is 15.3. The van der Waals surface area contributed by atoms with E-state index in [4.69, 9.17) is 5.84 Å². The molecule has 0 radical (unpaired) electrons. The zero-order chi connectivity index (χ0) is 22.8. The third-order valence-electron chi connectivity index (χ3n) is 5.39. The molecule has 9 heteroatoms. The molecule has 0 unspecified atom stereocenters. The zero-order valence-corrected chi connectivity index (χ0v) is 19.1. The van der Waals surface area contributed by atoms with Crippen LogP contribution in [0.25, 0.3) is 11.4 Å². The van der Waals surface area contributed by atoms with Gasteiger partial charge in [-0.1, -0.05) is 66.4 Å². The first kappa shape index (κ1) is 21.5. The van der Waals surface area contributed by atoms with E-state index in [1.807, 2.05) is 59.5 Å². The van der Waals surface area contributed by atoms with Gasteiger partial charge in [-0.2, -0.15) is 0 Å². The molecular formula is C24H20FN5OS2. The Bertz CT molecular complexity index is 1300. The summed E-state index contributed by atoms with van der Waals surface area (Å²) in [6.45, 7) is 0. The average Bonchev–Trinajstić information content (AvgIpc) is 3.22. The molecular weight excluding hydrogens is 457 g/mol. The molecule has 2 N–H and O–H groups in total. The van der Waals surface area contributed by atoms with Gasteiger partial charge in [-0.25, -0.2) is 9.07 Å². The molecule has 1 aliphatic rings. The Hall–Kier alpha value is -3.30. The maximum Gasteiger partial charge on any atom is 0.238 e. The molecule has 0 aliphatic carbocycles. The highest BCUT2D eigenvalue weighted by atomic mass is 32.2. The SMILES string of the molecule is Nn1c(SCC(=O)N2c3ccccc3SC[C@H]2c2ccccc2)nnc1-c1ccccc1F. The van der Waals surface area contributed by atoms with Crippen LogP contribution in [0.2, 0.25) is 0 Å². The lowest BCUT2D eigenvalue weighted by molar-refractivity contribution is -0.116. The first-order valence-electron chi connectivity index (χ1n) is 10.3. The van der Waals surface area contributed by atoms with Crippen molar-refractivity contribution in [2.45, 2.75) is 16.1 Å². The third kappa shape index (κ3) is 4.21. The van der Waals surface area contributed by atoms with Gasteiger partial charge in [0.1, 0.15) is 5.82 Å². The predicted molar refractivity (Wildman–Crippen MR) is 130 cm³/mol. The van der Waals surface area contributed by atoms with E-state index in [0.29, 0.717) is 5.16 Å². The van der Waals surface area contributed by atoms with Crippen LogP contribution in [0, 0.1) is 5.82 Å². The number of aromatic nitrogens is 3. The lowest BCUT2D eigenvalue weighted by atomic mass is 10.1. The van der Waals surface area contributed by atoms with Crippen LogP contribution in [0.15, 0.2) is 88.9 Å². The van der Waals surface area contributed by atoms with Crippen molar-refractivity contribution in [1.29, 1.82) is 0 Å². The number of para-hydroxylation sites is 1. The monoisotopic (exact) mass is 477 g/mol. The number of carbonyl (C=O) groups excluding carboxylic acids is 1. The van der Waals surface area contributed by atoms with Crippen molar-refractivity contribution >= 4 is 35.1 Å². The zero-order valence-electron chi connectivity index (χ0n) is 17.5. The summed E-state index contributed by atoms with van der Waals surface area (Å²) < 4.78 is 15.4. The van der Waals surface area contributed by atoms with E-state index in [0.717, 1.165) is 21.9 Å². The summed E-state index contributed by atoms with van der Waals surface area (Å²) in [5, 5.41) is 8.46. The van der Waals surface area contributed by atoms with Gasteiger partial charge in [0.05, 0.1) is 23.0 Å². The highest BCUT2D eigenvalue weighted by Gasteiger charge is 2.32. The van der Waals surface area contributed by atoms with E-state index in [2.05, 4.69) is 10.2 Å². The van der Waals surface area contributed by atoms with Crippen LogP contribution < -0.4 is 10.7 Å². The second kappa shape index (κ2) is 9.29. The molecule has 1 aliphatic heterocycles. The maximum absolute atomic E-state index is 14.2. The predicted octanol–water partition coefficient (Wildman–Crippen LogP) is 4.77. The standard InChI is InChI=1S/C24H20FN5OS2/c25-18-11-5-4-10-17(18)23-27-28-24(30(23)26)33-15-22(31)29-19-12-6-7-13-21(19)32-14-20(29)16-8-2-1-3-9-16/h1-13,20H,14-15,26H2/t20-/m0/s1. The lowest BCUT2D eigenvalue weighted by Gasteiger charge is -2.37. The van der Waals surface area contributed by atoms with Gasteiger partial charge in [-0.3, -0.25) is 4.79 Å². The van der Waals surface area contributed by atoms with Crippen molar-refractivity contribution in [3.8, 4) is 11.4 Å². The van der Waals surface area contributed by atoms with Crippen LogP contribution in [-0.4, -0.2) is 32.3 Å². The van der Waals surface area contributed by atoms with Crippen molar-refractivity contribution in [2.75, 3.05) is 22.2 Å². The minimum Gasteiger partial charge on any atom is -0.335 e. The van der Waals surface area contributed by atoms with E-state index in [9.17, 15) is 9.18 Å². The molecule has 0 fully saturated rings. The van der Waals surface area contributed by atoms with Crippen LogP contribution in [0.5, 0.6) is 0 Å².